The fourth-order valence-corrected chi connectivity index (χ4v) is 3.81. The number of morpholine rings is 1. The molecule has 0 saturated carbocycles. The molecule has 0 unspecified atom stereocenters. The quantitative estimate of drug-likeness (QED) is 0.541. The van der Waals surface area contributed by atoms with Crippen molar-refractivity contribution in [3.05, 3.63) is 95.0 Å². The molecule has 0 atom stereocenters. The molecular formula is C25H22N4O3. The van der Waals surface area contributed by atoms with Crippen LogP contribution in [0.25, 0.3) is 16.6 Å². The number of nitrogens with zero attached hydrogens (tertiary/aromatic N) is 3. The summed E-state index contributed by atoms with van der Waals surface area (Å²) in [5.74, 6) is -0.209. The third-order valence-electron chi connectivity index (χ3n) is 5.57. The van der Waals surface area contributed by atoms with Crippen molar-refractivity contribution in [2.45, 2.75) is 0 Å². The SMILES string of the molecule is O=C(Nc1ccc(N2CCOCC2)cc1)c1ccc(-n2cnc3ccccc3c2=O)cc1. The number of anilines is 2. The first-order chi connectivity index (χ1) is 15.7. The Hall–Kier alpha value is -3.97. The molecule has 0 radical (unpaired) electrons. The van der Waals surface area contributed by atoms with E-state index < -0.39 is 0 Å². The number of amides is 1. The summed E-state index contributed by atoms with van der Waals surface area (Å²) < 4.78 is 6.87. The second-order valence-electron chi connectivity index (χ2n) is 7.58. The van der Waals surface area contributed by atoms with Gasteiger partial charge in [0.25, 0.3) is 11.5 Å². The Labute approximate surface area is 184 Å². The average molecular weight is 426 g/mol. The van der Waals surface area contributed by atoms with E-state index in [4.69, 9.17) is 4.74 Å². The van der Waals surface area contributed by atoms with Crippen molar-refractivity contribution in [2.75, 3.05) is 36.5 Å². The van der Waals surface area contributed by atoms with E-state index in [0.717, 1.165) is 37.7 Å². The Morgan fingerprint density at radius 3 is 2.31 bits per heavy atom. The van der Waals surface area contributed by atoms with Crippen LogP contribution in [0.1, 0.15) is 10.4 Å². The molecular weight excluding hydrogens is 404 g/mol. The van der Waals surface area contributed by atoms with Gasteiger partial charge < -0.3 is 15.0 Å². The van der Waals surface area contributed by atoms with Crippen LogP contribution in [0.5, 0.6) is 0 Å². The molecule has 1 aromatic heterocycles. The molecule has 0 aliphatic carbocycles. The number of nitrogens with one attached hydrogen (secondary N) is 1. The van der Waals surface area contributed by atoms with Gasteiger partial charge in [0.1, 0.15) is 6.33 Å². The van der Waals surface area contributed by atoms with Crippen molar-refractivity contribution in [3.63, 3.8) is 0 Å². The Kier molecular flexibility index (Phi) is 5.39. The normalized spacial score (nSPS) is 13.8. The number of fused-ring (bicyclic) bond motifs is 1. The van der Waals surface area contributed by atoms with Crippen LogP contribution in [0.2, 0.25) is 0 Å². The minimum Gasteiger partial charge on any atom is -0.378 e. The van der Waals surface area contributed by atoms with Crippen LogP contribution in [-0.2, 0) is 4.74 Å². The van der Waals surface area contributed by atoms with Gasteiger partial charge in [0.15, 0.2) is 0 Å². The second-order valence-corrected chi connectivity index (χ2v) is 7.58. The third-order valence-corrected chi connectivity index (χ3v) is 5.57. The molecule has 1 amide bonds. The minimum absolute atomic E-state index is 0.145. The van der Waals surface area contributed by atoms with Gasteiger partial charge in [-0.1, -0.05) is 12.1 Å². The zero-order chi connectivity index (χ0) is 21.9. The zero-order valence-corrected chi connectivity index (χ0v) is 17.4. The second kappa shape index (κ2) is 8.64. The maximum absolute atomic E-state index is 12.8. The Balaban J connectivity index is 1.30. The van der Waals surface area contributed by atoms with Crippen LogP contribution in [0, 0.1) is 0 Å². The van der Waals surface area contributed by atoms with Crippen LogP contribution in [-0.4, -0.2) is 41.8 Å². The summed E-state index contributed by atoms with van der Waals surface area (Å²) in [6.07, 6.45) is 1.51. The molecule has 3 aromatic carbocycles. The van der Waals surface area contributed by atoms with E-state index in [0.29, 0.717) is 22.2 Å². The standard InChI is InChI=1S/C25H22N4O3/c30-24(27-19-7-11-20(12-8-19)28-13-15-32-16-14-28)18-5-9-21(10-6-18)29-17-26-23-4-2-1-3-22(23)25(29)31/h1-12,17H,13-16H2,(H,27,30). The molecule has 2 heterocycles. The van der Waals surface area contributed by atoms with Gasteiger partial charge in [-0.05, 0) is 60.7 Å². The van der Waals surface area contributed by atoms with Crippen LogP contribution in [0.15, 0.2) is 83.9 Å². The number of hydrogen-bond donors (Lipinski definition) is 1. The monoisotopic (exact) mass is 426 g/mol. The van der Waals surface area contributed by atoms with Crippen molar-refractivity contribution >= 4 is 28.2 Å². The number of para-hydroxylation sites is 1. The lowest BCUT2D eigenvalue weighted by molar-refractivity contribution is 0.102. The number of carbonyl (C=O) groups excluding carboxylic acids is 1. The summed E-state index contributed by atoms with van der Waals surface area (Å²) in [5.41, 5.74) is 3.51. The van der Waals surface area contributed by atoms with E-state index in [-0.39, 0.29) is 11.5 Å². The summed E-state index contributed by atoms with van der Waals surface area (Å²) in [6.45, 7) is 3.20. The fourth-order valence-electron chi connectivity index (χ4n) is 3.81. The number of benzene rings is 3. The highest BCUT2D eigenvalue weighted by molar-refractivity contribution is 6.04. The first-order valence-electron chi connectivity index (χ1n) is 10.5. The fraction of sp³-hybridized carbons (Fsp3) is 0.160. The minimum atomic E-state index is -0.209. The smallest absolute Gasteiger partial charge is 0.265 e. The lowest BCUT2D eigenvalue weighted by Crippen LogP contribution is -2.36. The van der Waals surface area contributed by atoms with Crippen molar-refractivity contribution < 1.29 is 9.53 Å². The summed E-state index contributed by atoms with van der Waals surface area (Å²) >= 11 is 0. The predicted molar refractivity (Wildman–Crippen MR) is 125 cm³/mol. The van der Waals surface area contributed by atoms with E-state index >= 15 is 0 Å². The van der Waals surface area contributed by atoms with Crippen LogP contribution >= 0.6 is 0 Å². The molecule has 0 bridgehead atoms. The number of ether oxygens (including phenoxy) is 1. The number of rotatable bonds is 4. The summed E-state index contributed by atoms with van der Waals surface area (Å²) in [7, 11) is 0. The summed E-state index contributed by atoms with van der Waals surface area (Å²) in [5, 5.41) is 3.47. The van der Waals surface area contributed by atoms with Gasteiger partial charge in [-0.3, -0.25) is 14.2 Å². The molecule has 4 aromatic rings. The zero-order valence-electron chi connectivity index (χ0n) is 17.4. The highest BCUT2D eigenvalue weighted by Gasteiger charge is 2.12. The van der Waals surface area contributed by atoms with E-state index in [1.165, 1.54) is 10.9 Å². The van der Waals surface area contributed by atoms with Crippen molar-refractivity contribution in [1.82, 2.24) is 9.55 Å². The third kappa shape index (κ3) is 3.98. The van der Waals surface area contributed by atoms with E-state index in [9.17, 15) is 9.59 Å². The van der Waals surface area contributed by atoms with Crippen molar-refractivity contribution in [1.29, 1.82) is 0 Å². The highest BCUT2D eigenvalue weighted by atomic mass is 16.5. The van der Waals surface area contributed by atoms with E-state index in [1.807, 2.05) is 42.5 Å². The highest BCUT2D eigenvalue weighted by Crippen LogP contribution is 2.20. The maximum Gasteiger partial charge on any atom is 0.265 e. The molecule has 1 fully saturated rings. The molecule has 1 N–H and O–H groups in total. The topological polar surface area (TPSA) is 76.5 Å². The van der Waals surface area contributed by atoms with Crippen LogP contribution < -0.4 is 15.8 Å². The Morgan fingerprint density at radius 2 is 1.56 bits per heavy atom. The van der Waals surface area contributed by atoms with E-state index in [2.05, 4.69) is 15.2 Å². The van der Waals surface area contributed by atoms with Gasteiger partial charge >= 0.3 is 0 Å². The molecule has 160 valence electrons. The van der Waals surface area contributed by atoms with Gasteiger partial charge in [0.05, 0.1) is 29.8 Å². The first kappa shape index (κ1) is 20.0. The Bertz CT molecular complexity index is 1310. The summed E-state index contributed by atoms with van der Waals surface area (Å²) in [6, 6.07) is 21.9. The van der Waals surface area contributed by atoms with Gasteiger partial charge in [-0.15, -0.1) is 0 Å². The average Bonchev–Trinajstić information content (AvgIpc) is 2.86. The van der Waals surface area contributed by atoms with Crippen LogP contribution in [0.4, 0.5) is 11.4 Å². The van der Waals surface area contributed by atoms with Crippen LogP contribution in [0.3, 0.4) is 0 Å². The Morgan fingerprint density at radius 1 is 0.875 bits per heavy atom. The molecule has 1 saturated heterocycles. The number of carbonyl (C=O) groups is 1. The van der Waals surface area contributed by atoms with Gasteiger partial charge in [0.2, 0.25) is 0 Å². The maximum atomic E-state index is 12.8. The number of aromatic nitrogens is 2. The molecule has 32 heavy (non-hydrogen) atoms. The largest absolute Gasteiger partial charge is 0.378 e. The lowest BCUT2D eigenvalue weighted by Gasteiger charge is -2.28. The molecule has 7 nitrogen and oxygen atoms in total. The molecule has 5 rings (SSSR count). The molecule has 1 aliphatic heterocycles. The van der Waals surface area contributed by atoms with Gasteiger partial charge in [0, 0.05) is 30.0 Å². The van der Waals surface area contributed by atoms with Crippen molar-refractivity contribution in [3.8, 4) is 5.69 Å². The van der Waals surface area contributed by atoms with Gasteiger partial charge in [-0.2, -0.15) is 0 Å². The van der Waals surface area contributed by atoms with Crippen molar-refractivity contribution in [2.24, 2.45) is 0 Å². The lowest BCUT2D eigenvalue weighted by atomic mass is 10.1. The predicted octanol–water partition coefficient (Wildman–Crippen LogP) is 3.47. The molecule has 7 heteroatoms. The molecule has 1 aliphatic rings. The van der Waals surface area contributed by atoms with E-state index in [1.54, 1.807) is 30.3 Å². The molecule has 0 spiro atoms. The number of hydrogen-bond acceptors (Lipinski definition) is 5. The summed E-state index contributed by atoms with van der Waals surface area (Å²) in [4.78, 5) is 32.0. The van der Waals surface area contributed by atoms with Gasteiger partial charge in [-0.25, -0.2) is 4.98 Å². The first-order valence-corrected chi connectivity index (χ1v) is 10.5.